The van der Waals surface area contributed by atoms with E-state index in [-0.39, 0.29) is 5.75 Å². The van der Waals surface area contributed by atoms with Crippen molar-refractivity contribution in [1.82, 2.24) is 0 Å². The lowest BCUT2D eigenvalue weighted by Crippen LogP contribution is -2.03. The van der Waals surface area contributed by atoms with Crippen molar-refractivity contribution in [3.05, 3.63) is 52.2 Å². The molecule has 1 unspecified atom stereocenters. The first-order valence-corrected chi connectivity index (χ1v) is 6.33. The number of benzene rings is 1. The third-order valence-electron chi connectivity index (χ3n) is 2.50. The van der Waals surface area contributed by atoms with Gasteiger partial charge < -0.3 is 9.84 Å². The van der Waals surface area contributed by atoms with E-state index in [9.17, 15) is 13.9 Å². The molecule has 2 nitrogen and oxygen atoms in total. The van der Waals surface area contributed by atoms with Crippen LogP contribution >= 0.6 is 11.3 Å². The van der Waals surface area contributed by atoms with Crippen LogP contribution in [0, 0.1) is 0 Å². The second-order valence-electron chi connectivity index (χ2n) is 3.80. The van der Waals surface area contributed by atoms with Gasteiger partial charge in [-0.2, -0.15) is 20.1 Å². The van der Waals surface area contributed by atoms with Gasteiger partial charge in [-0.05, 0) is 40.1 Å². The summed E-state index contributed by atoms with van der Waals surface area (Å²) in [6.45, 7) is -2.83. The van der Waals surface area contributed by atoms with Crippen LogP contribution < -0.4 is 4.74 Å². The number of thiophene rings is 1. The summed E-state index contributed by atoms with van der Waals surface area (Å²) in [7, 11) is 0. The van der Waals surface area contributed by atoms with E-state index in [2.05, 4.69) is 4.74 Å². The first kappa shape index (κ1) is 13.0. The zero-order valence-corrected chi connectivity index (χ0v) is 10.2. The van der Waals surface area contributed by atoms with E-state index < -0.39 is 12.7 Å². The molecule has 1 atom stereocenters. The van der Waals surface area contributed by atoms with Crippen molar-refractivity contribution in [3.63, 3.8) is 0 Å². The number of halogens is 2. The molecule has 2 rings (SSSR count). The average molecular weight is 270 g/mol. The molecule has 0 aliphatic heterocycles. The Morgan fingerprint density at radius 2 is 1.89 bits per heavy atom. The number of aliphatic hydroxyl groups excluding tert-OH is 1. The van der Waals surface area contributed by atoms with E-state index in [1.165, 1.54) is 12.1 Å². The van der Waals surface area contributed by atoms with Crippen LogP contribution in [0.25, 0.3) is 0 Å². The Morgan fingerprint density at radius 3 is 2.44 bits per heavy atom. The SMILES string of the molecule is OC(Cc1ccsc1)c1ccc(OC(F)F)cc1. The Kier molecular flexibility index (Phi) is 4.28. The van der Waals surface area contributed by atoms with E-state index in [1.807, 2.05) is 16.8 Å². The van der Waals surface area contributed by atoms with Gasteiger partial charge >= 0.3 is 6.61 Å². The Labute approximate surface area is 107 Å². The predicted molar refractivity (Wildman–Crippen MR) is 66.1 cm³/mol. The Bertz CT molecular complexity index is 468. The van der Waals surface area contributed by atoms with Crippen LogP contribution in [0.4, 0.5) is 8.78 Å². The molecule has 2 aromatic rings. The highest BCUT2D eigenvalue weighted by molar-refractivity contribution is 7.07. The third-order valence-corrected chi connectivity index (χ3v) is 3.23. The fraction of sp³-hybridized carbons (Fsp3) is 0.231. The van der Waals surface area contributed by atoms with Crippen molar-refractivity contribution in [2.75, 3.05) is 0 Å². The minimum absolute atomic E-state index is 0.0940. The fourth-order valence-corrected chi connectivity index (χ4v) is 2.30. The maximum atomic E-state index is 12.0. The number of hydrogen-bond acceptors (Lipinski definition) is 3. The topological polar surface area (TPSA) is 29.5 Å². The van der Waals surface area contributed by atoms with Gasteiger partial charge in [0, 0.05) is 6.42 Å². The third kappa shape index (κ3) is 3.51. The number of ether oxygens (including phenoxy) is 1. The van der Waals surface area contributed by atoms with E-state index in [0.717, 1.165) is 5.56 Å². The summed E-state index contributed by atoms with van der Waals surface area (Å²) in [6, 6.07) is 7.99. The summed E-state index contributed by atoms with van der Waals surface area (Å²) < 4.78 is 28.2. The maximum Gasteiger partial charge on any atom is 0.387 e. The van der Waals surface area contributed by atoms with Gasteiger partial charge in [-0.3, -0.25) is 0 Å². The number of alkyl halides is 2. The molecule has 0 bridgehead atoms. The molecule has 1 N–H and O–H groups in total. The molecule has 96 valence electrons. The molecule has 0 aliphatic rings. The normalized spacial score (nSPS) is 12.7. The van der Waals surface area contributed by atoms with Crippen LogP contribution in [0.5, 0.6) is 5.75 Å². The zero-order chi connectivity index (χ0) is 13.0. The fourth-order valence-electron chi connectivity index (χ4n) is 1.62. The van der Waals surface area contributed by atoms with Crippen LogP contribution in [-0.4, -0.2) is 11.7 Å². The highest BCUT2D eigenvalue weighted by Gasteiger charge is 2.10. The lowest BCUT2D eigenvalue weighted by molar-refractivity contribution is -0.0498. The minimum atomic E-state index is -2.83. The van der Waals surface area contributed by atoms with Crippen LogP contribution in [-0.2, 0) is 6.42 Å². The molecule has 1 aromatic carbocycles. The zero-order valence-electron chi connectivity index (χ0n) is 9.42. The van der Waals surface area contributed by atoms with E-state index in [4.69, 9.17) is 0 Å². The van der Waals surface area contributed by atoms with Gasteiger partial charge in [-0.15, -0.1) is 0 Å². The molecule has 1 aromatic heterocycles. The predicted octanol–water partition coefficient (Wildman–Crippen LogP) is 3.63. The molecular formula is C13H12F2O2S. The summed E-state index contributed by atoms with van der Waals surface area (Å²) in [4.78, 5) is 0. The molecule has 1 heterocycles. The van der Waals surface area contributed by atoms with E-state index in [1.54, 1.807) is 23.5 Å². The molecule has 0 fully saturated rings. The van der Waals surface area contributed by atoms with Crippen LogP contribution in [0.2, 0.25) is 0 Å². The van der Waals surface area contributed by atoms with Gasteiger partial charge in [0.25, 0.3) is 0 Å². The molecule has 0 amide bonds. The second kappa shape index (κ2) is 5.93. The maximum absolute atomic E-state index is 12.0. The van der Waals surface area contributed by atoms with Gasteiger partial charge in [0.2, 0.25) is 0 Å². The van der Waals surface area contributed by atoms with E-state index in [0.29, 0.717) is 12.0 Å². The summed E-state index contributed by atoms with van der Waals surface area (Å²) in [5.74, 6) is 0.0940. The van der Waals surface area contributed by atoms with Crippen molar-refractivity contribution < 1.29 is 18.6 Å². The highest BCUT2D eigenvalue weighted by Crippen LogP contribution is 2.22. The Hall–Kier alpha value is -1.46. The smallest absolute Gasteiger partial charge is 0.387 e. The van der Waals surface area contributed by atoms with E-state index >= 15 is 0 Å². The van der Waals surface area contributed by atoms with Crippen LogP contribution in [0.15, 0.2) is 41.1 Å². The summed E-state index contributed by atoms with van der Waals surface area (Å²) in [5, 5.41) is 13.9. The van der Waals surface area contributed by atoms with Gasteiger partial charge in [-0.1, -0.05) is 12.1 Å². The molecule has 0 aliphatic carbocycles. The van der Waals surface area contributed by atoms with Gasteiger partial charge in [-0.25, -0.2) is 0 Å². The molecule has 0 radical (unpaired) electrons. The molecule has 0 spiro atoms. The van der Waals surface area contributed by atoms with Gasteiger partial charge in [0.1, 0.15) is 5.75 Å². The van der Waals surface area contributed by atoms with Gasteiger partial charge in [0.05, 0.1) is 6.10 Å². The molecule has 18 heavy (non-hydrogen) atoms. The van der Waals surface area contributed by atoms with Crippen molar-refractivity contribution in [2.24, 2.45) is 0 Å². The molecular weight excluding hydrogens is 258 g/mol. The van der Waals surface area contributed by atoms with Crippen LogP contribution in [0.1, 0.15) is 17.2 Å². The van der Waals surface area contributed by atoms with Crippen LogP contribution in [0.3, 0.4) is 0 Å². The lowest BCUT2D eigenvalue weighted by atomic mass is 10.0. The average Bonchev–Trinajstić information content (AvgIpc) is 2.82. The summed E-state index contributed by atoms with van der Waals surface area (Å²) in [6.07, 6.45) is -0.126. The van der Waals surface area contributed by atoms with Crippen molar-refractivity contribution in [3.8, 4) is 5.75 Å². The Balaban J connectivity index is 2.00. The largest absolute Gasteiger partial charge is 0.435 e. The second-order valence-corrected chi connectivity index (χ2v) is 4.58. The summed E-state index contributed by atoms with van der Waals surface area (Å²) in [5.41, 5.74) is 1.74. The highest BCUT2D eigenvalue weighted by atomic mass is 32.1. The number of aliphatic hydroxyl groups is 1. The molecule has 0 saturated heterocycles. The number of hydrogen-bond donors (Lipinski definition) is 1. The molecule has 5 heteroatoms. The minimum Gasteiger partial charge on any atom is -0.435 e. The number of rotatable bonds is 5. The monoisotopic (exact) mass is 270 g/mol. The summed E-state index contributed by atoms with van der Waals surface area (Å²) >= 11 is 1.57. The molecule has 0 saturated carbocycles. The van der Waals surface area contributed by atoms with Crippen molar-refractivity contribution >= 4 is 11.3 Å². The first-order valence-electron chi connectivity index (χ1n) is 5.39. The standard InChI is InChI=1S/C13H12F2O2S/c14-13(15)17-11-3-1-10(2-4-11)12(16)7-9-5-6-18-8-9/h1-6,8,12-13,16H,7H2. The Morgan fingerprint density at radius 1 is 1.17 bits per heavy atom. The lowest BCUT2D eigenvalue weighted by Gasteiger charge is -2.11. The van der Waals surface area contributed by atoms with Gasteiger partial charge in [0.15, 0.2) is 0 Å². The van der Waals surface area contributed by atoms with Crippen molar-refractivity contribution in [1.29, 1.82) is 0 Å². The first-order chi connectivity index (χ1) is 8.65. The quantitative estimate of drug-likeness (QED) is 0.899. The van der Waals surface area contributed by atoms with Crippen molar-refractivity contribution in [2.45, 2.75) is 19.1 Å².